The molecule has 0 unspecified atom stereocenters. The Balaban J connectivity index is 1.66. The van der Waals surface area contributed by atoms with Gasteiger partial charge in [-0.05, 0) is 77.9 Å². The zero-order chi connectivity index (χ0) is 21.1. The number of nitrogens with one attached hydrogen (secondary N) is 2. The second-order valence-corrected chi connectivity index (χ2v) is 9.20. The molecule has 1 aliphatic carbocycles. The molecule has 164 valence electrons. The van der Waals surface area contributed by atoms with Crippen molar-refractivity contribution in [1.29, 1.82) is 0 Å². The molecular weight excluding hydrogens is 376 g/mol. The standard InChI is InChI=1S/C23H36N6O/c1-4-15(2)26-23-25-14-20-21(28-23)19(16-5-7-18(30)8-6-16)13-24-22(20)27-17-9-11-29(3)12-10-17/h13-18,30H,4-12H2,1-3H3,(H,24,27)(H,25,26,28)/t15-,16?,18?/m0/s1. The fourth-order valence-electron chi connectivity index (χ4n) is 4.58. The maximum atomic E-state index is 9.94. The summed E-state index contributed by atoms with van der Waals surface area (Å²) in [6.07, 6.45) is 10.7. The third-order valence-electron chi connectivity index (χ3n) is 6.83. The minimum absolute atomic E-state index is 0.164. The summed E-state index contributed by atoms with van der Waals surface area (Å²) >= 11 is 0. The number of piperidine rings is 1. The van der Waals surface area contributed by atoms with Crippen LogP contribution in [-0.4, -0.2) is 63.3 Å². The zero-order valence-corrected chi connectivity index (χ0v) is 18.6. The van der Waals surface area contributed by atoms with Crippen LogP contribution in [0.2, 0.25) is 0 Å². The molecule has 2 fully saturated rings. The van der Waals surface area contributed by atoms with Crippen molar-refractivity contribution >= 4 is 22.7 Å². The lowest BCUT2D eigenvalue weighted by Gasteiger charge is -2.30. The summed E-state index contributed by atoms with van der Waals surface area (Å²) in [6.45, 7) is 6.52. The molecule has 0 radical (unpaired) electrons. The molecule has 1 aliphatic heterocycles. The lowest BCUT2D eigenvalue weighted by molar-refractivity contribution is 0.122. The first kappa shape index (κ1) is 21.2. The van der Waals surface area contributed by atoms with Crippen molar-refractivity contribution in [1.82, 2.24) is 19.9 Å². The van der Waals surface area contributed by atoms with E-state index >= 15 is 0 Å². The molecule has 2 aromatic heterocycles. The Hall–Kier alpha value is -1.99. The third-order valence-corrected chi connectivity index (χ3v) is 6.83. The molecular formula is C23H36N6O. The minimum Gasteiger partial charge on any atom is -0.393 e. The number of anilines is 2. The molecule has 0 aromatic carbocycles. The Bertz CT molecular complexity index is 843. The Kier molecular flexibility index (Phi) is 6.68. The summed E-state index contributed by atoms with van der Waals surface area (Å²) in [6, 6.07) is 0.764. The number of pyridine rings is 1. The molecule has 2 aliphatic rings. The van der Waals surface area contributed by atoms with Crippen LogP contribution in [0.5, 0.6) is 0 Å². The van der Waals surface area contributed by atoms with E-state index in [2.05, 4.69) is 41.4 Å². The van der Waals surface area contributed by atoms with Gasteiger partial charge < -0.3 is 20.6 Å². The minimum atomic E-state index is -0.164. The quantitative estimate of drug-likeness (QED) is 0.666. The van der Waals surface area contributed by atoms with Crippen LogP contribution in [0.25, 0.3) is 10.9 Å². The van der Waals surface area contributed by atoms with Gasteiger partial charge in [0.15, 0.2) is 0 Å². The predicted octanol–water partition coefficient (Wildman–Crippen LogP) is 3.76. The Morgan fingerprint density at radius 2 is 1.83 bits per heavy atom. The molecule has 30 heavy (non-hydrogen) atoms. The highest BCUT2D eigenvalue weighted by Crippen LogP contribution is 2.37. The van der Waals surface area contributed by atoms with Crippen LogP contribution < -0.4 is 10.6 Å². The molecule has 0 bridgehead atoms. The van der Waals surface area contributed by atoms with Crippen LogP contribution in [0.1, 0.15) is 70.3 Å². The van der Waals surface area contributed by atoms with E-state index in [0.29, 0.717) is 23.9 Å². The summed E-state index contributed by atoms with van der Waals surface area (Å²) in [5.41, 5.74) is 2.20. The summed E-state index contributed by atoms with van der Waals surface area (Å²) in [7, 11) is 2.18. The molecule has 3 N–H and O–H groups in total. The number of aliphatic hydroxyl groups is 1. The largest absolute Gasteiger partial charge is 0.393 e. The van der Waals surface area contributed by atoms with E-state index in [0.717, 1.165) is 74.8 Å². The number of fused-ring (bicyclic) bond motifs is 1. The Morgan fingerprint density at radius 1 is 1.10 bits per heavy atom. The fourth-order valence-corrected chi connectivity index (χ4v) is 4.58. The third kappa shape index (κ3) is 4.83. The number of likely N-dealkylation sites (tertiary alicyclic amines) is 1. The molecule has 4 rings (SSSR count). The summed E-state index contributed by atoms with van der Waals surface area (Å²) in [4.78, 5) is 16.8. The molecule has 0 spiro atoms. The average molecular weight is 413 g/mol. The number of nitrogens with zero attached hydrogens (tertiary/aromatic N) is 4. The highest BCUT2D eigenvalue weighted by atomic mass is 16.3. The highest BCUT2D eigenvalue weighted by molar-refractivity contribution is 5.91. The normalized spacial score (nSPS) is 24.7. The van der Waals surface area contributed by atoms with Gasteiger partial charge in [-0.25, -0.2) is 15.0 Å². The lowest BCUT2D eigenvalue weighted by Crippen LogP contribution is -2.37. The molecule has 7 heteroatoms. The van der Waals surface area contributed by atoms with Crippen LogP contribution in [0.4, 0.5) is 11.8 Å². The van der Waals surface area contributed by atoms with Gasteiger partial charge >= 0.3 is 0 Å². The van der Waals surface area contributed by atoms with Crippen LogP contribution in [-0.2, 0) is 0 Å². The second kappa shape index (κ2) is 9.43. The summed E-state index contributed by atoms with van der Waals surface area (Å²) in [5, 5.41) is 18.0. The summed E-state index contributed by atoms with van der Waals surface area (Å²) in [5.74, 6) is 1.98. The molecule has 0 amide bonds. The van der Waals surface area contributed by atoms with Crippen LogP contribution in [0.3, 0.4) is 0 Å². The molecule has 3 heterocycles. The van der Waals surface area contributed by atoms with Crippen molar-refractivity contribution in [3.8, 4) is 0 Å². The van der Waals surface area contributed by atoms with Crippen molar-refractivity contribution in [3.05, 3.63) is 18.0 Å². The summed E-state index contributed by atoms with van der Waals surface area (Å²) < 4.78 is 0. The fraction of sp³-hybridized carbons (Fsp3) is 0.696. The van der Waals surface area contributed by atoms with Gasteiger partial charge in [-0.3, -0.25) is 0 Å². The van der Waals surface area contributed by atoms with Crippen LogP contribution >= 0.6 is 0 Å². The van der Waals surface area contributed by atoms with E-state index in [1.165, 1.54) is 5.56 Å². The monoisotopic (exact) mass is 412 g/mol. The van der Waals surface area contributed by atoms with Crippen molar-refractivity contribution < 1.29 is 5.11 Å². The van der Waals surface area contributed by atoms with Gasteiger partial charge in [0, 0.05) is 30.0 Å². The van der Waals surface area contributed by atoms with E-state index in [1.54, 1.807) is 0 Å². The SMILES string of the molecule is CC[C@H](C)Nc1ncc2c(NC3CCN(C)CC3)ncc(C3CCC(O)CC3)c2n1. The lowest BCUT2D eigenvalue weighted by atomic mass is 9.82. The molecule has 7 nitrogen and oxygen atoms in total. The van der Waals surface area contributed by atoms with Gasteiger partial charge in [0.25, 0.3) is 0 Å². The van der Waals surface area contributed by atoms with Gasteiger partial charge in [0.1, 0.15) is 5.82 Å². The highest BCUT2D eigenvalue weighted by Gasteiger charge is 2.25. The maximum absolute atomic E-state index is 9.94. The van der Waals surface area contributed by atoms with E-state index < -0.39 is 0 Å². The van der Waals surface area contributed by atoms with Crippen molar-refractivity contribution in [2.24, 2.45) is 0 Å². The second-order valence-electron chi connectivity index (χ2n) is 9.20. The number of hydrogen-bond donors (Lipinski definition) is 3. The number of aliphatic hydroxyl groups excluding tert-OH is 1. The van der Waals surface area contributed by atoms with E-state index in [9.17, 15) is 5.11 Å². The maximum Gasteiger partial charge on any atom is 0.223 e. The van der Waals surface area contributed by atoms with Crippen LogP contribution in [0.15, 0.2) is 12.4 Å². The topological polar surface area (TPSA) is 86.2 Å². The van der Waals surface area contributed by atoms with Gasteiger partial charge in [-0.1, -0.05) is 6.92 Å². The number of rotatable bonds is 6. The van der Waals surface area contributed by atoms with Gasteiger partial charge in [-0.15, -0.1) is 0 Å². The van der Waals surface area contributed by atoms with Crippen LogP contribution in [0, 0.1) is 0 Å². The number of hydrogen-bond acceptors (Lipinski definition) is 7. The van der Waals surface area contributed by atoms with E-state index in [1.807, 2.05) is 12.4 Å². The first-order valence-electron chi connectivity index (χ1n) is 11.6. The zero-order valence-electron chi connectivity index (χ0n) is 18.6. The predicted molar refractivity (Wildman–Crippen MR) is 122 cm³/mol. The van der Waals surface area contributed by atoms with Crippen molar-refractivity contribution in [3.63, 3.8) is 0 Å². The molecule has 1 saturated carbocycles. The number of aromatic nitrogens is 3. The van der Waals surface area contributed by atoms with Gasteiger partial charge in [0.2, 0.25) is 5.95 Å². The molecule has 1 atom stereocenters. The van der Waals surface area contributed by atoms with Crippen molar-refractivity contribution in [2.45, 2.75) is 82.9 Å². The molecule has 2 aromatic rings. The molecule has 1 saturated heterocycles. The Labute approximate surface area is 179 Å². The van der Waals surface area contributed by atoms with E-state index in [-0.39, 0.29) is 6.10 Å². The Morgan fingerprint density at radius 3 is 2.53 bits per heavy atom. The van der Waals surface area contributed by atoms with Crippen molar-refractivity contribution in [2.75, 3.05) is 30.8 Å². The van der Waals surface area contributed by atoms with E-state index in [4.69, 9.17) is 9.97 Å². The first-order valence-corrected chi connectivity index (χ1v) is 11.6. The van der Waals surface area contributed by atoms with Gasteiger partial charge in [0.05, 0.1) is 17.0 Å². The van der Waals surface area contributed by atoms with Gasteiger partial charge in [-0.2, -0.15) is 0 Å². The average Bonchev–Trinajstić information content (AvgIpc) is 2.76. The smallest absolute Gasteiger partial charge is 0.223 e. The first-order chi connectivity index (χ1) is 14.5.